The monoisotopic (exact) mass is 328 g/mol. The van der Waals surface area contributed by atoms with Crippen LogP contribution in [0.1, 0.15) is 35.2 Å². The fourth-order valence-corrected chi connectivity index (χ4v) is 3.27. The molecule has 0 atom stereocenters. The number of aromatic nitrogens is 2. The molecule has 6 nitrogen and oxygen atoms in total. The first kappa shape index (κ1) is 16.6. The Morgan fingerprint density at radius 2 is 2.12 bits per heavy atom. The smallest absolute Gasteiger partial charge is 0.270 e. The van der Waals surface area contributed by atoms with Gasteiger partial charge in [-0.3, -0.25) is 14.0 Å². The van der Waals surface area contributed by atoms with Gasteiger partial charge in [0.2, 0.25) is 0 Å². The third-order valence-corrected chi connectivity index (χ3v) is 4.80. The Hall–Kier alpha value is -2.21. The van der Waals surface area contributed by atoms with Gasteiger partial charge in [0.1, 0.15) is 11.2 Å². The van der Waals surface area contributed by atoms with Crippen molar-refractivity contribution in [3.8, 4) is 0 Å². The maximum Gasteiger partial charge on any atom is 0.270 e. The number of nitrogens with zero attached hydrogens (tertiary/aromatic N) is 3. The Kier molecular flexibility index (Phi) is 4.94. The van der Waals surface area contributed by atoms with Gasteiger partial charge in [0.25, 0.3) is 11.5 Å². The molecule has 6 heteroatoms. The highest BCUT2D eigenvalue weighted by atomic mass is 16.2. The van der Waals surface area contributed by atoms with Crippen LogP contribution in [-0.4, -0.2) is 46.9 Å². The molecular formula is C18H24N4O2. The van der Waals surface area contributed by atoms with Crippen LogP contribution in [0.5, 0.6) is 0 Å². The summed E-state index contributed by atoms with van der Waals surface area (Å²) in [5, 5.41) is 3.17. The summed E-state index contributed by atoms with van der Waals surface area (Å²) in [4.78, 5) is 31.4. The molecule has 1 N–H and O–H groups in total. The first-order valence-electron chi connectivity index (χ1n) is 8.52. The van der Waals surface area contributed by atoms with Crippen molar-refractivity contribution >= 4 is 11.6 Å². The van der Waals surface area contributed by atoms with Crippen molar-refractivity contribution in [2.45, 2.75) is 26.2 Å². The van der Waals surface area contributed by atoms with Crippen LogP contribution in [0.4, 0.5) is 0 Å². The summed E-state index contributed by atoms with van der Waals surface area (Å²) in [7, 11) is 1.96. The summed E-state index contributed by atoms with van der Waals surface area (Å²) in [6.07, 6.45) is 6.23. The minimum atomic E-state index is -0.290. The van der Waals surface area contributed by atoms with Crippen LogP contribution in [0.25, 0.3) is 5.65 Å². The number of aryl methyl sites for hydroxylation is 1. The molecule has 0 saturated carbocycles. The van der Waals surface area contributed by atoms with E-state index in [0.29, 0.717) is 24.7 Å². The normalized spacial score (nSPS) is 15.8. The predicted molar refractivity (Wildman–Crippen MR) is 93.4 cm³/mol. The molecular weight excluding hydrogens is 304 g/mol. The van der Waals surface area contributed by atoms with E-state index in [0.717, 1.165) is 31.4 Å². The fourth-order valence-electron chi connectivity index (χ4n) is 3.27. The lowest BCUT2D eigenvalue weighted by molar-refractivity contribution is 0.0684. The van der Waals surface area contributed by atoms with E-state index in [4.69, 9.17) is 0 Å². The molecule has 1 aliphatic rings. The highest BCUT2D eigenvalue weighted by Gasteiger charge is 2.25. The number of amides is 1. The fraction of sp³-hybridized carbons (Fsp3) is 0.500. The van der Waals surface area contributed by atoms with Crippen LogP contribution in [0.2, 0.25) is 0 Å². The van der Waals surface area contributed by atoms with Crippen LogP contribution in [0.3, 0.4) is 0 Å². The Morgan fingerprint density at radius 1 is 1.38 bits per heavy atom. The van der Waals surface area contributed by atoms with Gasteiger partial charge in [-0.15, -0.1) is 0 Å². The van der Waals surface area contributed by atoms with Crippen LogP contribution >= 0.6 is 0 Å². The molecule has 3 heterocycles. The van der Waals surface area contributed by atoms with E-state index in [1.165, 1.54) is 10.6 Å². The summed E-state index contributed by atoms with van der Waals surface area (Å²) in [6.45, 7) is 4.38. The van der Waals surface area contributed by atoms with E-state index < -0.39 is 0 Å². The van der Waals surface area contributed by atoms with Crippen molar-refractivity contribution in [2.75, 3.05) is 26.7 Å². The van der Waals surface area contributed by atoms with Crippen molar-refractivity contribution in [3.63, 3.8) is 0 Å². The summed E-state index contributed by atoms with van der Waals surface area (Å²) >= 11 is 0. The number of hydrogen-bond acceptors (Lipinski definition) is 4. The van der Waals surface area contributed by atoms with E-state index in [-0.39, 0.29) is 17.0 Å². The molecule has 1 saturated heterocycles. The average molecular weight is 328 g/mol. The highest BCUT2D eigenvalue weighted by Crippen LogP contribution is 2.21. The minimum absolute atomic E-state index is 0.157. The lowest BCUT2D eigenvalue weighted by atomic mass is 9.93. The third kappa shape index (κ3) is 3.33. The molecule has 0 unspecified atom stereocenters. The van der Waals surface area contributed by atoms with Gasteiger partial charge in [0, 0.05) is 25.5 Å². The van der Waals surface area contributed by atoms with E-state index in [9.17, 15) is 9.59 Å². The second-order valence-electron chi connectivity index (χ2n) is 6.54. The van der Waals surface area contributed by atoms with E-state index in [1.807, 2.05) is 26.1 Å². The molecule has 1 aliphatic heterocycles. The summed E-state index contributed by atoms with van der Waals surface area (Å²) in [6, 6.07) is 3.68. The molecule has 2 aromatic heterocycles. The Balaban J connectivity index is 1.76. The molecule has 2 aromatic rings. The van der Waals surface area contributed by atoms with Crippen molar-refractivity contribution < 1.29 is 4.79 Å². The molecule has 0 bridgehead atoms. The van der Waals surface area contributed by atoms with E-state index in [1.54, 1.807) is 11.1 Å². The molecule has 0 radical (unpaired) electrons. The van der Waals surface area contributed by atoms with Gasteiger partial charge in [-0.05, 0) is 63.4 Å². The van der Waals surface area contributed by atoms with Crippen LogP contribution in [-0.2, 0) is 0 Å². The number of nitrogens with one attached hydrogen (secondary N) is 1. The first-order valence-corrected chi connectivity index (χ1v) is 8.52. The summed E-state index contributed by atoms with van der Waals surface area (Å²) < 4.78 is 1.44. The zero-order chi connectivity index (χ0) is 17.1. The van der Waals surface area contributed by atoms with Crippen LogP contribution in [0.15, 0.2) is 29.3 Å². The molecule has 24 heavy (non-hydrogen) atoms. The average Bonchev–Trinajstić information content (AvgIpc) is 2.60. The topological polar surface area (TPSA) is 66.7 Å². The number of pyridine rings is 1. The molecule has 0 spiro atoms. The Bertz CT molecular complexity index is 791. The lowest BCUT2D eigenvalue weighted by Gasteiger charge is -2.31. The molecule has 128 valence electrons. The standard InChI is InChI=1S/C18H24N4O2/c1-13-4-10-22-16(11-13)20-12-15(18(22)24)17(23)21-8-5-14(6-9-21)3-7-19-2/h4,10-12,14,19H,3,5-9H2,1-2H3. The van der Waals surface area contributed by atoms with Gasteiger partial charge >= 0.3 is 0 Å². The Morgan fingerprint density at radius 3 is 2.83 bits per heavy atom. The first-order chi connectivity index (χ1) is 11.6. The quantitative estimate of drug-likeness (QED) is 0.923. The van der Waals surface area contributed by atoms with Gasteiger partial charge in [0.05, 0.1) is 0 Å². The number of fused-ring (bicyclic) bond motifs is 1. The largest absolute Gasteiger partial charge is 0.338 e. The van der Waals surface area contributed by atoms with Crippen molar-refractivity contribution in [3.05, 3.63) is 46.0 Å². The number of rotatable bonds is 4. The second kappa shape index (κ2) is 7.13. The Labute approximate surface area is 141 Å². The SMILES string of the molecule is CNCCC1CCN(C(=O)c2cnc3cc(C)ccn3c2=O)CC1. The van der Waals surface area contributed by atoms with Gasteiger partial charge < -0.3 is 10.2 Å². The minimum Gasteiger partial charge on any atom is -0.338 e. The van der Waals surface area contributed by atoms with Gasteiger partial charge in [-0.1, -0.05) is 0 Å². The highest BCUT2D eigenvalue weighted by molar-refractivity contribution is 5.93. The molecule has 0 aromatic carbocycles. The second-order valence-corrected chi connectivity index (χ2v) is 6.54. The molecule has 0 aliphatic carbocycles. The van der Waals surface area contributed by atoms with E-state index >= 15 is 0 Å². The molecule has 1 fully saturated rings. The summed E-state index contributed by atoms with van der Waals surface area (Å²) in [5.74, 6) is 0.454. The predicted octanol–water partition coefficient (Wildman–Crippen LogP) is 1.46. The maximum absolute atomic E-state index is 12.7. The third-order valence-electron chi connectivity index (χ3n) is 4.80. The number of piperidine rings is 1. The summed E-state index contributed by atoms with van der Waals surface area (Å²) in [5.41, 5.74) is 1.47. The number of likely N-dealkylation sites (tertiary alicyclic amines) is 1. The molecule has 3 rings (SSSR count). The van der Waals surface area contributed by atoms with Gasteiger partial charge in [-0.25, -0.2) is 4.98 Å². The van der Waals surface area contributed by atoms with Crippen LogP contribution in [0, 0.1) is 12.8 Å². The molecule has 1 amide bonds. The van der Waals surface area contributed by atoms with Crippen molar-refractivity contribution in [2.24, 2.45) is 5.92 Å². The number of carbonyl (C=O) groups is 1. The zero-order valence-electron chi connectivity index (χ0n) is 14.3. The van der Waals surface area contributed by atoms with Gasteiger partial charge in [0.15, 0.2) is 0 Å². The lowest BCUT2D eigenvalue weighted by Crippen LogP contribution is -2.41. The van der Waals surface area contributed by atoms with Gasteiger partial charge in [-0.2, -0.15) is 0 Å². The number of hydrogen-bond donors (Lipinski definition) is 1. The van der Waals surface area contributed by atoms with Crippen molar-refractivity contribution in [1.29, 1.82) is 0 Å². The van der Waals surface area contributed by atoms with Crippen molar-refractivity contribution in [1.82, 2.24) is 19.6 Å². The maximum atomic E-state index is 12.7. The van der Waals surface area contributed by atoms with Crippen LogP contribution < -0.4 is 10.9 Å². The zero-order valence-corrected chi connectivity index (χ0v) is 14.3. The number of carbonyl (C=O) groups excluding carboxylic acids is 1. The van der Waals surface area contributed by atoms with E-state index in [2.05, 4.69) is 10.3 Å².